The van der Waals surface area contributed by atoms with E-state index in [1.165, 1.54) is 18.2 Å². The second-order valence-electron chi connectivity index (χ2n) is 5.85. The van der Waals surface area contributed by atoms with Gasteiger partial charge in [-0.15, -0.1) is 0 Å². The molecule has 0 unspecified atom stereocenters. The minimum Gasteiger partial charge on any atom is -0.497 e. The van der Waals surface area contributed by atoms with Gasteiger partial charge >= 0.3 is 5.97 Å². The van der Waals surface area contributed by atoms with Crippen molar-refractivity contribution in [1.29, 1.82) is 0 Å². The quantitative estimate of drug-likeness (QED) is 0.743. The molecule has 0 saturated heterocycles. The fourth-order valence-electron chi connectivity index (χ4n) is 2.53. The van der Waals surface area contributed by atoms with Crippen molar-refractivity contribution in [1.82, 2.24) is 5.43 Å². The van der Waals surface area contributed by atoms with Gasteiger partial charge in [0.2, 0.25) is 5.91 Å². The van der Waals surface area contributed by atoms with Crippen LogP contribution in [0.5, 0.6) is 5.75 Å². The molecule has 2 N–H and O–H groups in total. The molecule has 0 atom stereocenters. The maximum atomic E-state index is 12.2. The highest BCUT2D eigenvalue weighted by molar-refractivity contribution is 6.00. The molecule has 2 aromatic rings. The topological polar surface area (TPSA) is 97.0 Å². The summed E-state index contributed by atoms with van der Waals surface area (Å²) in [4.78, 5) is 36.3. The third-order valence-electron chi connectivity index (χ3n) is 3.88. The number of nitrogens with one attached hydrogen (secondary N) is 2. The van der Waals surface area contributed by atoms with E-state index in [4.69, 9.17) is 9.47 Å². The van der Waals surface area contributed by atoms with Gasteiger partial charge in [-0.1, -0.05) is 24.3 Å². The van der Waals surface area contributed by atoms with E-state index in [-0.39, 0.29) is 18.0 Å². The van der Waals surface area contributed by atoms with Gasteiger partial charge < -0.3 is 14.8 Å². The number of amides is 2. The van der Waals surface area contributed by atoms with Crippen LogP contribution in [0.2, 0.25) is 0 Å². The van der Waals surface area contributed by atoms with Crippen LogP contribution in [0.3, 0.4) is 0 Å². The van der Waals surface area contributed by atoms with Crippen molar-refractivity contribution in [3.05, 3.63) is 66.4 Å². The van der Waals surface area contributed by atoms with E-state index in [9.17, 15) is 14.4 Å². The average molecular weight is 381 g/mol. The second-order valence-corrected chi connectivity index (χ2v) is 5.85. The van der Waals surface area contributed by atoms with E-state index in [0.29, 0.717) is 17.1 Å². The molecule has 1 aliphatic heterocycles. The van der Waals surface area contributed by atoms with Crippen LogP contribution in [0.25, 0.3) is 0 Å². The van der Waals surface area contributed by atoms with Crippen LogP contribution in [-0.2, 0) is 19.1 Å². The fourth-order valence-corrected chi connectivity index (χ4v) is 2.53. The number of rotatable bonds is 6. The second kappa shape index (κ2) is 8.72. The molecule has 0 saturated carbocycles. The molecule has 3 rings (SSSR count). The van der Waals surface area contributed by atoms with Crippen molar-refractivity contribution in [2.24, 2.45) is 0 Å². The zero-order valence-corrected chi connectivity index (χ0v) is 15.2. The lowest BCUT2D eigenvalue weighted by molar-refractivity contribution is -0.143. The van der Waals surface area contributed by atoms with Gasteiger partial charge in [-0.25, -0.2) is 9.80 Å². The molecule has 2 aromatic carbocycles. The summed E-state index contributed by atoms with van der Waals surface area (Å²) >= 11 is 0. The predicted octanol–water partition coefficient (Wildman–Crippen LogP) is 2.00. The molecule has 0 radical (unpaired) electrons. The summed E-state index contributed by atoms with van der Waals surface area (Å²) in [7, 11) is 1.52. The van der Waals surface area contributed by atoms with Gasteiger partial charge in [0.15, 0.2) is 6.61 Å². The molecule has 144 valence electrons. The summed E-state index contributed by atoms with van der Waals surface area (Å²) in [5, 5.41) is 3.89. The molecule has 0 fully saturated rings. The monoisotopic (exact) mass is 381 g/mol. The van der Waals surface area contributed by atoms with Crippen molar-refractivity contribution >= 4 is 29.2 Å². The maximum Gasteiger partial charge on any atom is 0.356 e. The molecule has 0 bridgehead atoms. The average Bonchev–Trinajstić information content (AvgIpc) is 2.73. The number of anilines is 2. The number of carbonyl (C=O) groups is 3. The van der Waals surface area contributed by atoms with Crippen molar-refractivity contribution < 1.29 is 23.9 Å². The molecule has 1 aliphatic rings. The van der Waals surface area contributed by atoms with Gasteiger partial charge in [-0.05, 0) is 30.3 Å². The number of hydrazine groups is 1. The Labute approximate surface area is 161 Å². The third kappa shape index (κ3) is 4.67. The zero-order valence-electron chi connectivity index (χ0n) is 15.2. The number of esters is 1. The summed E-state index contributed by atoms with van der Waals surface area (Å²) in [6.45, 7) is -0.464. The number of nitrogens with zero attached hydrogens (tertiary/aromatic N) is 1. The first-order valence-electron chi connectivity index (χ1n) is 8.52. The van der Waals surface area contributed by atoms with Crippen molar-refractivity contribution in [3.8, 4) is 5.75 Å². The number of para-hydroxylation sites is 1. The molecule has 1 heterocycles. The standard InChI is InChI=1S/C20H19N3O5/c1-27-16-9-5-6-14(12-16)21-18(24)13-28-20(26)17-10-11-19(25)23(22-17)15-7-3-2-4-8-15/h2-10,12,22H,11,13H2,1H3,(H,21,24). The zero-order chi connectivity index (χ0) is 19.9. The number of hydrogen-bond acceptors (Lipinski definition) is 6. The van der Waals surface area contributed by atoms with E-state index in [2.05, 4.69) is 10.7 Å². The first-order chi connectivity index (χ1) is 13.6. The van der Waals surface area contributed by atoms with Crippen LogP contribution in [0.15, 0.2) is 66.4 Å². The Balaban J connectivity index is 1.55. The van der Waals surface area contributed by atoms with Crippen LogP contribution in [-0.4, -0.2) is 31.5 Å². The minimum atomic E-state index is -0.728. The van der Waals surface area contributed by atoms with E-state index >= 15 is 0 Å². The third-order valence-corrected chi connectivity index (χ3v) is 3.88. The normalized spacial score (nSPS) is 13.2. The van der Waals surface area contributed by atoms with E-state index in [1.54, 1.807) is 48.5 Å². The summed E-state index contributed by atoms with van der Waals surface area (Å²) in [6.07, 6.45) is 1.48. The summed E-state index contributed by atoms with van der Waals surface area (Å²) < 4.78 is 10.1. The molecule has 8 heteroatoms. The highest BCUT2D eigenvalue weighted by atomic mass is 16.5. The van der Waals surface area contributed by atoms with Gasteiger partial charge in [-0.3, -0.25) is 15.0 Å². The van der Waals surface area contributed by atoms with Gasteiger partial charge in [0, 0.05) is 18.2 Å². The van der Waals surface area contributed by atoms with E-state index < -0.39 is 18.5 Å². The molecule has 28 heavy (non-hydrogen) atoms. The number of methoxy groups -OCH3 is 1. The molecule has 2 amide bonds. The van der Waals surface area contributed by atoms with Crippen LogP contribution in [0, 0.1) is 0 Å². The minimum absolute atomic E-state index is 0.0440. The van der Waals surface area contributed by atoms with Crippen LogP contribution >= 0.6 is 0 Å². The van der Waals surface area contributed by atoms with Gasteiger partial charge in [0.25, 0.3) is 5.91 Å². The lowest BCUT2D eigenvalue weighted by Gasteiger charge is -2.28. The Kier molecular flexibility index (Phi) is 5.91. The molecule has 8 nitrogen and oxygen atoms in total. The van der Waals surface area contributed by atoms with E-state index in [0.717, 1.165) is 0 Å². The molecular weight excluding hydrogens is 362 g/mol. The molecule has 0 spiro atoms. The summed E-state index contributed by atoms with van der Waals surface area (Å²) in [5.74, 6) is -0.834. The highest BCUT2D eigenvalue weighted by Crippen LogP contribution is 2.18. The summed E-state index contributed by atoms with van der Waals surface area (Å²) in [6, 6.07) is 15.7. The first-order valence-corrected chi connectivity index (χ1v) is 8.52. The first kappa shape index (κ1) is 19.0. The van der Waals surface area contributed by atoms with Crippen LogP contribution < -0.4 is 20.5 Å². The number of ether oxygens (including phenoxy) is 2. The maximum absolute atomic E-state index is 12.2. The fraction of sp³-hybridized carbons (Fsp3) is 0.150. The SMILES string of the molecule is COc1cccc(NC(=O)COC(=O)C2=CCC(=O)N(c3ccccc3)N2)c1. The lowest BCUT2D eigenvalue weighted by Crippen LogP contribution is -2.47. The Morgan fingerprint density at radius 3 is 2.68 bits per heavy atom. The number of carbonyl (C=O) groups excluding carboxylic acids is 3. The van der Waals surface area contributed by atoms with Crippen molar-refractivity contribution in [3.63, 3.8) is 0 Å². The molecule has 0 aliphatic carbocycles. The number of benzene rings is 2. The van der Waals surface area contributed by atoms with Crippen LogP contribution in [0.4, 0.5) is 11.4 Å². The van der Waals surface area contributed by atoms with Gasteiger partial charge in [0.05, 0.1) is 12.8 Å². The van der Waals surface area contributed by atoms with Gasteiger partial charge in [-0.2, -0.15) is 0 Å². The molecule has 0 aromatic heterocycles. The van der Waals surface area contributed by atoms with Crippen LogP contribution in [0.1, 0.15) is 6.42 Å². The number of hydrogen-bond donors (Lipinski definition) is 2. The Hall–Kier alpha value is -3.81. The summed E-state index contributed by atoms with van der Waals surface area (Å²) in [5.41, 5.74) is 3.95. The Morgan fingerprint density at radius 1 is 1.14 bits per heavy atom. The van der Waals surface area contributed by atoms with Crippen molar-refractivity contribution in [2.45, 2.75) is 6.42 Å². The lowest BCUT2D eigenvalue weighted by atomic mass is 10.2. The Bertz CT molecular complexity index is 911. The Morgan fingerprint density at radius 2 is 1.93 bits per heavy atom. The van der Waals surface area contributed by atoms with E-state index in [1.807, 2.05) is 6.07 Å². The highest BCUT2D eigenvalue weighted by Gasteiger charge is 2.25. The smallest absolute Gasteiger partial charge is 0.356 e. The predicted molar refractivity (Wildman–Crippen MR) is 102 cm³/mol. The van der Waals surface area contributed by atoms with Crippen molar-refractivity contribution in [2.75, 3.05) is 24.0 Å². The van der Waals surface area contributed by atoms with Gasteiger partial charge in [0.1, 0.15) is 11.4 Å². The largest absolute Gasteiger partial charge is 0.497 e. The molecular formula is C20H19N3O5.